The van der Waals surface area contributed by atoms with Crippen LogP contribution in [-0.4, -0.2) is 60.9 Å². The van der Waals surface area contributed by atoms with Gasteiger partial charge in [-0.25, -0.2) is 0 Å². The maximum absolute atomic E-state index is 5.73. The maximum Gasteiger partial charge on any atom is 0.195 e. The molecule has 8 nitrogen and oxygen atoms in total. The fourth-order valence-electron chi connectivity index (χ4n) is 3.23. The molecule has 178 valence electrons. The highest BCUT2D eigenvalue weighted by atomic mass is 127. The lowest BCUT2D eigenvalue weighted by Crippen LogP contribution is -2.33. The number of guanidine groups is 1. The molecule has 1 atom stereocenters. The van der Waals surface area contributed by atoms with Gasteiger partial charge in [-0.2, -0.15) is 5.10 Å². The average molecular weight is 557 g/mol. The van der Waals surface area contributed by atoms with Gasteiger partial charge in [-0.1, -0.05) is 0 Å². The van der Waals surface area contributed by atoms with Gasteiger partial charge in [0.1, 0.15) is 5.75 Å². The van der Waals surface area contributed by atoms with Gasteiger partial charge in [-0.05, 0) is 63.4 Å². The molecule has 2 N–H and O–H groups in total. The third-order valence-corrected chi connectivity index (χ3v) is 4.73. The summed E-state index contributed by atoms with van der Waals surface area (Å²) in [6.07, 6.45) is 7.26. The Bertz CT molecular complexity index is 762. The second-order valence-electron chi connectivity index (χ2n) is 7.81. The number of aromatic nitrogens is 2. The van der Waals surface area contributed by atoms with Crippen LogP contribution in [-0.2, 0) is 16.0 Å². The first-order valence-corrected chi connectivity index (χ1v) is 11.2. The molecule has 1 aliphatic rings. The van der Waals surface area contributed by atoms with Crippen LogP contribution in [0.15, 0.2) is 47.7 Å². The Morgan fingerprint density at radius 2 is 2.16 bits per heavy atom. The van der Waals surface area contributed by atoms with E-state index in [1.807, 2.05) is 55.1 Å². The van der Waals surface area contributed by atoms with Crippen LogP contribution >= 0.6 is 24.0 Å². The standard InChI is InChI=1S/C23H35N5O3.HI/c1-19(2)31-21-9-7-20(8-10-21)27-23(25-13-15-28-14-4-12-26-28)24-11-5-16-29-18-22-6-3-17-30-22;/h4,7-10,12,14,19,22H,3,5-6,11,13,15-18H2,1-2H3,(H2,24,25,27);1H. The highest BCUT2D eigenvalue weighted by molar-refractivity contribution is 14.0. The summed E-state index contributed by atoms with van der Waals surface area (Å²) >= 11 is 0. The number of nitrogens with one attached hydrogen (secondary N) is 2. The van der Waals surface area contributed by atoms with Crippen molar-refractivity contribution >= 4 is 35.6 Å². The Balaban J connectivity index is 0.00000363. The van der Waals surface area contributed by atoms with E-state index in [9.17, 15) is 0 Å². The van der Waals surface area contributed by atoms with E-state index < -0.39 is 0 Å². The molecule has 2 aromatic rings. The minimum Gasteiger partial charge on any atom is -0.491 e. The van der Waals surface area contributed by atoms with E-state index in [4.69, 9.17) is 19.2 Å². The van der Waals surface area contributed by atoms with E-state index in [1.54, 1.807) is 6.20 Å². The highest BCUT2D eigenvalue weighted by Crippen LogP contribution is 2.17. The Kier molecular flexibility index (Phi) is 12.4. The van der Waals surface area contributed by atoms with Gasteiger partial charge in [-0.3, -0.25) is 9.67 Å². The second kappa shape index (κ2) is 15.1. The van der Waals surface area contributed by atoms with E-state index in [-0.39, 0.29) is 36.2 Å². The number of halogens is 1. The number of hydrogen-bond acceptors (Lipinski definition) is 5. The Hall–Kier alpha value is -1.85. The summed E-state index contributed by atoms with van der Waals surface area (Å²) in [6.45, 7) is 8.43. The summed E-state index contributed by atoms with van der Waals surface area (Å²) < 4.78 is 18.9. The van der Waals surface area contributed by atoms with E-state index in [1.165, 1.54) is 0 Å². The quantitative estimate of drug-likeness (QED) is 0.178. The number of ether oxygens (including phenoxy) is 3. The number of anilines is 1. The van der Waals surface area contributed by atoms with E-state index in [2.05, 4.69) is 15.7 Å². The molecule has 32 heavy (non-hydrogen) atoms. The minimum atomic E-state index is 0. The normalized spacial score (nSPS) is 16.1. The Morgan fingerprint density at radius 3 is 2.84 bits per heavy atom. The molecule has 3 rings (SSSR count). The number of nitrogens with zero attached hydrogens (tertiary/aromatic N) is 3. The molecule has 0 aliphatic carbocycles. The Morgan fingerprint density at radius 1 is 1.31 bits per heavy atom. The summed E-state index contributed by atoms with van der Waals surface area (Å²) in [5, 5.41) is 11.0. The predicted octanol–water partition coefficient (Wildman–Crippen LogP) is 3.93. The van der Waals surface area contributed by atoms with Crippen LogP contribution in [0.3, 0.4) is 0 Å². The second-order valence-corrected chi connectivity index (χ2v) is 7.81. The molecule has 0 radical (unpaired) electrons. The molecular formula is C23H36IN5O3. The van der Waals surface area contributed by atoms with Crippen LogP contribution in [0, 0.1) is 0 Å². The van der Waals surface area contributed by atoms with Gasteiger partial charge < -0.3 is 24.8 Å². The van der Waals surface area contributed by atoms with Crippen molar-refractivity contribution in [3.05, 3.63) is 42.7 Å². The predicted molar refractivity (Wildman–Crippen MR) is 138 cm³/mol. The topological polar surface area (TPSA) is 81.9 Å². The molecule has 1 saturated heterocycles. The maximum atomic E-state index is 5.73. The van der Waals surface area contributed by atoms with Gasteiger partial charge in [0.05, 0.1) is 25.4 Å². The molecular weight excluding hydrogens is 521 g/mol. The Labute approximate surface area is 208 Å². The van der Waals surface area contributed by atoms with E-state index >= 15 is 0 Å². The van der Waals surface area contributed by atoms with Crippen LogP contribution in [0.25, 0.3) is 0 Å². The van der Waals surface area contributed by atoms with Gasteiger partial charge in [0.15, 0.2) is 5.96 Å². The zero-order chi connectivity index (χ0) is 21.7. The summed E-state index contributed by atoms with van der Waals surface area (Å²) in [6, 6.07) is 9.83. The van der Waals surface area contributed by atoms with Crippen molar-refractivity contribution in [2.45, 2.75) is 51.9 Å². The molecule has 1 aromatic carbocycles. The fraction of sp³-hybridized carbons (Fsp3) is 0.565. The van der Waals surface area contributed by atoms with Crippen molar-refractivity contribution in [1.29, 1.82) is 0 Å². The highest BCUT2D eigenvalue weighted by Gasteiger charge is 2.14. The minimum absolute atomic E-state index is 0. The van der Waals surface area contributed by atoms with Crippen molar-refractivity contribution in [3.8, 4) is 5.75 Å². The largest absolute Gasteiger partial charge is 0.491 e. The summed E-state index contributed by atoms with van der Waals surface area (Å²) in [7, 11) is 0. The first-order valence-electron chi connectivity index (χ1n) is 11.2. The first kappa shape index (κ1) is 26.4. The van der Waals surface area contributed by atoms with Gasteiger partial charge in [-0.15, -0.1) is 24.0 Å². The zero-order valence-electron chi connectivity index (χ0n) is 19.0. The number of aliphatic imine (C=N–C) groups is 1. The van der Waals surface area contributed by atoms with Gasteiger partial charge in [0.25, 0.3) is 0 Å². The third kappa shape index (κ3) is 10.2. The SMILES string of the molecule is CC(C)Oc1ccc(NC(=NCCCOCC2CCCO2)NCCn2cccn2)cc1.I. The van der Waals surface area contributed by atoms with Crippen LogP contribution < -0.4 is 15.4 Å². The lowest BCUT2D eigenvalue weighted by Gasteiger charge is -2.14. The average Bonchev–Trinajstić information content (AvgIpc) is 3.45. The number of hydrogen-bond donors (Lipinski definition) is 2. The smallest absolute Gasteiger partial charge is 0.195 e. The number of benzene rings is 1. The third-order valence-electron chi connectivity index (χ3n) is 4.73. The van der Waals surface area contributed by atoms with Gasteiger partial charge in [0.2, 0.25) is 0 Å². The summed E-state index contributed by atoms with van der Waals surface area (Å²) in [5.74, 6) is 1.60. The lowest BCUT2D eigenvalue weighted by atomic mass is 10.2. The van der Waals surface area contributed by atoms with Gasteiger partial charge in [0, 0.05) is 44.4 Å². The van der Waals surface area contributed by atoms with Crippen molar-refractivity contribution in [2.75, 3.05) is 38.2 Å². The van der Waals surface area contributed by atoms with E-state index in [0.717, 1.165) is 56.4 Å². The van der Waals surface area contributed by atoms with Crippen LogP contribution in [0.5, 0.6) is 5.75 Å². The molecule has 2 heterocycles. The molecule has 1 aliphatic heterocycles. The number of rotatable bonds is 12. The first-order chi connectivity index (χ1) is 15.2. The molecule has 0 saturated carbocycles. The summed E-state index contributed by atoms with van der Waals surface area (Å²) in [5.41, 5.74) is 0.955. The van der Waals surface area contributed by atoms with E-state index in [0.29, 0.717) is 19.8 Å². The van der Waals surface area contributed by atoms with Crippen molar-refractivity contribution in [2.24, 2.45) is 4.99 Å². The molecule has 9 heteroatoms. The molecule has 0 amide bonds. The molecule has 1 fully saturated rings. The van der Waals surface area contributed by atoms with Crippen molar-refractivity contribution < 1.29 is 14.2 Å². The molecule has 0 spiro atoms. The fourth-order valence-corrected chi connectivity index (χ4v) is 3.23. The monoisotopic (exact) mass is 557 g/mol. The molecule has 0 bridgehead atoms. The lowest BCUT2D eigenvalue weighted by molar-refractivity contribution is 0.0171. The van der Waals surface area contributed by atoms with Gasteiger partial charge >= 0.3 is 0 Å². The summed E-state index contributed by atoms with van der Waals surface area (Å²) in [4.78, 5) is 4.70. The van der Waals surface area contributed by atoms with Crippen molar-refractivity contribution in [1.82, 2.24) is 15.1 Å². The van der Waals surface area contributed by atoms with Crippen molar-refractivity contribution in [3.63, 3.8) is 0 Å². The van der Waals surface area contributed by atoms with Crippen LogP contribution in [0.2, 0.25) is 0 Å². The molecule has 1 aromatic heterocycles. The molecule has 1 unspecified atom stereocenters. The van der Waals surface area contributed by atoms with Crippen LogP contribution in [0.1, 0.15) is 33.1 Å². The zero-order valence-corrected chi connectivity index (χ0v) is 21.4. The van der Waals surface area contributed by atoms with Crippen LogP contribution in [0.4, 0.5) is 5.69 Å².